The van der Waals surface area contributed by atoms with Gasteiger partial charge in [0.05, 0.1) is 19.8 Å². The minimum absolute atomic E-state index is 0.539. The average molecular weight is 271 g/mol. The van der Waals surface area contributed by atoms with Crippen LogP contribution in [0.3, 0.4) is 0 Å². The van der Waals surface area contributed by atoms with E-state index in [1.54, 1.807) is 0 Å². The van der Waals surface area contributed by atoms with Gasteiger partial charge in [-0.15, -0.1) is 0 Å². The monoisotopic (exact) mass is 271 g/mol. The maximum Gasteiger partial charge on any atom is 0.127 e. The van der Waals surface area contributed by atoms with Gasteiger partial charge in [-0.3, -0.25) is 0 Å². The fourth-order valence-corrected chi connectivity index (χ4v) is 2.14. The number of ether oxygens (including phenoxy) is 2. The Hall–Kier alpha value is -1.84. The number of hydrogen-bond acceptors (Lipinski definition) is 3. The zero-order valence-electron chi connectivity index (χ0n) is 11.8. The number of benzene rings is 2. The molecule has 2 aromatic carbocycles. The van der Waals surface area contributed by atoms with Crippen molar-refractivity contribution in [2.75, 3.05) is 19.8 Å². The summed E-state index contributed by atoms with van der Waals surface area (Å²) in [7, 11) is 0. The number of rotatable bonds is 7. The molecule has 0 bridgehead atoms. The Balaban J connectivity index is 2.32. The van der Waals surface area contributed by atoms with Crippen molar-refractivity contribution >= 4 is 0 Å². The highest BCUT2D eigenvalue weighted by atomic mass is 16.5. The summed E-state index contributed by atoms with van der Waals surface area (Å²) >= 11 is 0. The van der Waals surface area contributed by atoms with Crippen LogP contribution in [0.4, 0.5) is 0 Å². The molecule has 0 aliphatic carbocycles. The molecule has 0 saturated carbocycles. The highest BCUT2D eigenvalue weighted by Gasteiger charge is 2.09. The minimum atomic E-state index is 0.539. The Kier molecular flexibility index (Phi) is 5.59. The van der Waals surface area contributed by atoms with Crippen LogP contribution in [-0.4, -0.2) is 19.8 Å². The summed E-state index contributed by atoms with van der Waals surface area (Å²) in [5.74, 6) is 0.904. The van der Waals surface area contributed by atoms with Crippen molar-refractivity contribution in [2.45, 2.75) is 13.5 Å². The first kappa shape index (κ1) is 14.6. The lowest BCUT2D eigenvalue weighted by Crippen LogP contribution is -2.08. The van der Waals surface area contributed by atoms with Crippen LogP contribution in [0, 0.1) is 0 Å². The average Bonchev–Trinajstić information content (AvgIpc) is 2.49. The van der Waals surface area contributed by atoms with Gasteiger partial charge in [-0.25, -0.2) is 0 Å². The zero-order valence-corrected chi connectivity index (χ0v) is 11.8. The molecule has 2 aromatic rings. The number of nitrogens with two attached hydrogens (primary N) is 1. The van der Waals surface area contributed by atoms with Crippen LogP contribution in [0.5, 0.6) is 5.75 Å². The van der Waals surface area contributed by atoms with E-state index in [2.05, 4.69) is 18.2 Å². The molecule has 20 heavy (non-hydrogen) atoms. The van der Waals surface area contributed by atoms with Gasteiger partial charge in [0.25, 0.3) is 0 Å². The SMILES string of the molecule is CCOc1ccccc1-c1ccccc1COCCN. The molecule has 0 spiro atoms. The van der Waals surface area contributed by atoms with Gasteiger partial charge in [0.15, 0.2) is 0 Å². The van der Waals surface area contributed by atoms with Crippen LogP contribution >= 0.6 is 0 Å². The summed E-state index contributed by atoms with van der Waals surface area (Å²) in [5.41, 5.74) is 8.85. The molecule has 0 heterocycles. The van der Waals surface area contributed by atoms with E-state index in [1.807, 2.05) is 37.3 Å². The quantitative estimate of drug-likeness (QED) is 0.786. The Bertz CT molecular complexity index is 540. The van der Waals surface area contributed by atoms with E-state index in [1.165, 1.54) is 0 Å². The summed E-state index contributed by atoms with van der Waals surface area (Å²) in [5, 5.41) is 0. The molecule has 0 unspecified atom stereocenters. The van der Waals surface area contributed by atoms with Gasteiger partial charge >= 0.3 is 0 Å². The topological polar surface area (TPSA) is 44.5 Å². The molecule has 0 aromatic heterocycles. The van der Waals surface area contributed by atoms with Crippen LogP contribution in [0.25, 0.3) is 11.1 Å². The van der Waals surface area contributed by atoms with Crippen molar-refractivity contribution in [3.8, 4) is 16.9 Å². The van der Waals surface area contributed by atoms with E-state index in [0.29, 0.717) is 26.4 Å². The summed E-state index contributed by atoms with van der Waals surface area (Å²) in [4.78, 5) is 0. The van der Waals surface area contributed by atoms with E-state index < -0.39 is 0 Å². The highest BCUT2D eigenvalue weighted by Crippen LogP contribution is 2.32. The lowest BCUT2D eigenvalue weighted by Gasteiger charge is -2.14. The molecule has 3 heteroatoms. The normalized spacial score (nSPS) is 10.5. The Labute approximate surface area is 120 Å². The third-order valence-corrected chi connectivity index (χ3v) is 3.01. The van der Waals surface area contributed by atoms with Gasteiger partial charge in [0.1, 0.15) is 5.75 Å². The molecule has 0 saturated heterocycles. The van der Waals surface area contributed by atoms with Crippen LogP contribution in [0.2, 0.25) is 0 Å². The predicted octanol–water partition coefficient (Wildman–Crippen LogP) is 3.23. The van der Waals surface area contributed by atoms with Gasteiger partial charge in [-0.2, -0.15) is 0 Å². The van der Waals surface area contributed by atoms with E-state index >= 15 is 0 Å². The van der Waals surface area contributed by atoms with Crippen molar-refractivity contribution in [2.24, 2.45) is 5.73 Å². The minimum Gasteiger partial charge on any atom is -0.493 e. The molecule has 0 aliphatic heterocycles. The molecule has 3 nitrogen and oxygen atoms in total. The lowest BCUT2D eigenvalue weighted by molar-refractivity contribution is 0.128. The van der Waals surface area contributed by atoms with Crippen LogP contribution in [0.1, 0.15) is 12.5 Å². The van der Waals surface area contributed by atoms with E-state index in [0.717, 1.165) is 22.4 Å². The highest BCUT2D eigenvalue weighted by molar-refractivity contribution is 5.73. The van der Waals surface area contributed by atoms with Crippen molar-refractivity contribution in [1.29, 1.82) is 0 Å². The van der Waals surface area contributed by atoms with Crippen molar-refractivity contribution in [3.63, 3.8) is 0 Å². The summed E-state index contributed by atoms with van der Waals surface area (Å²) < 4.78 is 11.3. The smallest absolute Gasteiger partial charge is 0.127 e. The van der Waals surface area contributed by atoms with Crippen molar-refractivity contribution < 1.29 is 9.47 Å². The Morgan fingerprint density at radius 3 is 2.40 bits per heavy atom. The third-order valence-electron chi connectivity index (χ3n) is 3.01. The van der Waals surface area contributed by atoms with E-state index in [-0.39, 0.29) is 0 Å². The van der Waals surface area contributed by atoms with E-state index in [4.69, 9.17) is 15.2 Å². The van der Waals surface area contributed by atoms with Gasteiger partial charge in [0, 0.05) is 12.1 Å². The standard InChI is InChI=1S/C17H21NO2/c1-2-20-17-10-6-5-9-16(17)15-8-4-3-7-14(15)13-19-12-11-18/h3-10H,2,11-13,18H2,1H3. The number of hydrogen-bond donors (Lipinski definition) is 1. The molecular weight excluding hydrogens is 250 g/mol. The summed E-state index contributed by atoms with van der Waals surface area (Å²) in [6.07, 6.45) is 0. The number of para-hydroxylation sites is 1. The largest absolute Gasteiger partial charge is 0.493 e. The fourth-order valence-electron chi connectivity index (χ4n) is 2.14. The molecule has 0 radical (unpaired) electrons. The fraction of sp³-hybridized carbons (Fsp3) is 0.294. The lowest BCUT2D eigenvalue weighted by atomic mass is 9.99. The first-order valence-corrected chi connectivity index (χ1v) is 6.94. The van der Waals surface area contributed by atoms with Gasteiger partial charge in [-0.1, -0.05) is 42.5 Å². The Morgan fingerprint density at radius 1 is 0.950 bits per heavy atom. The summed E-state index contributed by atoms with van der Waals surface area (Å²) in [6, 6.07) is 16.3. The van der Waals surface area contributed by atoms with Crippen LogP contribution < -0.4 is 10.5 Å². The maximum absolute atomic E-state index is 5.71. The molecule has 0 fully saturated rings. The van der Waals surface area contributed by atoms with Gasteiger partial charge < -0.3 is 15.2 Å². The first-order chi connectivity index (χ1) is 9.86. The second-order valence-electron chi connectivity index (χ2n) is 4.43. The van der Waals surface area contributed by atoms with Gasteiger partial charge in [-0.05, 0) is 24.1 Å². The maximum atomic E-state index is 5.71. The molecule has 2 N–H and O–H groups in total. The van der Waals surface area contributed by atoms with Gasteiger partial charge in [0.2, 0.25) is 0 Å². The zero-order chi connectivity index (χ0) is 14.2. The Morgan fingerprint density at radius 2 is 1.65 bits per heavy atom. The van der Waals surface area contributed by atoms with Crippen molar-refractivity contribution in [3.05, 3.63) is 54.1 Å². The second-order valence-corrected chi connectivity index (χ2v) is 4.43. The van der Waals surface area contributed by atoms with Crippen molar-refractivity contribution in [1.82, 2.24) is 0 Å². The molecule has 106 valence electrons. The molecule has 0 amide bonds. The molecule has 2 rings (SSSR count). The molecule has 0 aliphatic rings. The summed E-state index contributed by atoms with van der Waals surface area (Å²) in [6.45, 7) is 4.32. The molecule has 0 atom stereocenters. The van der Waals surface area contributed by atoms with Crippen LogP contribution in [0.15, 0.2) is 48.5 Å². The second kappa shape index (κ2) is 7.68. The molecular formula is C17H21NO2. The van der Waals surface area contributed by atoms with Crippen LogP contribution in [-0.2, 0) is 11.3 Å². The van der Waals surface area contributed by atoms with E-state index in [9.17, 15) is 0 Å². The first-order valence-electron chi connectivity index (χ1n) is 6.94. The third kappa shape index (κ3) is 3.59. The predicted molar refractivity (Wildman–Crippen MR) is 81.8 cm³/mol.